The Balaban J connectivity index is 2.71. The maximum absolute atomic E-state index is 11.4. The molecule has 4 heteroatoms. The van der Waals surface area contributed by atoms with Gasteiger partial charge < -0.3 is 15.3 Å². The molecule has 0 atom stereocenters. The van der Waals surface area contributed by atoms with E-state index in [2.05, 4.69) is 17.2 Å². The fourth-order valence-corrected chi connectivity index (χ4v) is 1.50. The zero-order valence-corrected chi connectivity index (χ0v) is 10.7. The van der Waals surface area contributed by atoms with Gasteiger partial charge in [0, 0.05) is 32.6 Å². The predicted octanol–water partition coefficient (Wildman–Crippen LogP) is 1.19. The summed E-state index contributed by atoms with van der Waals surface area (Å²) in [5.41, 5.74) is 1.92. The number of nitrogens with one attached hydrogen (secondary N) is 1. The lowest BCUT2D eigenvalue weighted by Gasteiger charge is -2.16. The number of urea groups is 1. The molecule has 0 aliphatic carbocycles. The average Bonchev–Trinajstić information content (AvgIpc) is 2.38. The molecule has 0 saturated heterocycles. The Morgan fingerprint density at radius 1 is 1.50 bits per heavy atom. The minimum Gasteiger partial charge on any atom is -0.395 e. The Bertz CT molecular complexity index is 460. The van der Waals surface area contributed by atoms with E-state index in [4.69, 9.17) is 5.11 Å². The van der Waals surface area contributed by atoms with Gasteiger partial charge in [-0.25, -0.2) is 4.79 Å². The summed E-state index contributed by atoms with van der Waals surface area (Å²) < 4.78 is 0. The highest BCUT2D eigenvalue weighted by Crippen LogP contribution is 2.07. The quantitative estimate of drug-likeness (QED) is 0.787. The average molecular weight is 246 g/mol. The molecule has 0 unspecified atom stereocenters. The van der Waals surface area contributed by atoms with E-state index in [9.17, 15) is 4.79 Å². The molecule has 0 saturated carbocycles. The van der Waals surface area contributed by atoms with Crippen molar-refractivity contribution in [3.63, 3.8) is 0 Å². The Morgan fingerprint density at radius 2 is 2.28 bits per heavy atom. The maximum Gasteiger partial charge on any atom is 0.317 e. The van der Waals surface area contributed by atoms with Gasteiger partial charge in [0.25, 0.3) is 0 Å². The Kier molecular flexibility index (Phi) is 5.75. The highest BCUT2D eigenvalue weighted by Gasteiger charge is 2.06. The topological polar surface area (TPSA) is 52.6 Å². The third-order valence-electron chi connectivity index (χ3n) is 2.38. The number of hydrogen-bond acceptors (Lipinski definition) is 2. The standard InChI is InChI=1S/C14H18N2O2/c1-15-14(18)16(2)11-13-8-5-7-12(10-13)6-3-4-9-17/h5,7-8,10,17H,4,9,11H2,1-2H3,(H,15,18). The summed E-state index contributed by atoms with van der Waals surface area (Å²) in [7, 11) is 3.35. The van der Waals surface area contributed by atoms with E-state index in [0.29, 0.717) is 13.0 Å². The lowest BCUT2D eigenvalue weighted by molar-refractivity contribution is 0.209. The second-order valence-electron chi connectivity index (χ2n) is 3.89. The summed E-state index contributed by atoms with van der Waals surface area (Å²) in [5, 5.41) is 11.2. The largest absolute Gasteiger partial charge is 0.395 e. The van der Waals surface area contributed by atoms with Crippen molar-refractivity contribution < 1.29 is 9.90 Å². The Morgan fingerprint density at radius 3 is 2.94 bits per heavy atom. The first-order chi connectivity index (χ1) is 8.67. The molecule has 4 nitrogen and oxygen atoms in total. The van der Waals surface area contributed by atoms with Gasteiger partial charge >= 0.3 is 6.03 Å². The molecule has 0 aliphatic rings. The first-order valence-corrected chi connectivity index (χ1v) is 5.79. The summed E-state index contributed by atoms with van der Waals surface area (Å²) in [6.45, 7) is 0.612. The van der Waals surface area contributed by atoms with Crippen molar-refractivity contribution >= 4 is 6.03 Å². The van der Waals surface area contributed by atoms with E-state index in [-0.39, 0.29) is 12.6 Å². The highest BCUT2D eigenvalue weighted by atomic mass is 16.2. The minimum absolute atomic E-state index is 0.0755. The second kappa shape index (κ2) is 7.36. The molecule has 2 N–H and O–H groups in total. The van der Waals surface area contributed by atoms with E-state index in [1.54, 1.807) is 19.0 Å². The van der Waals surface area contributed by atoms with Crippen molar-refractivity contribution in [3.8, 4) is 11.8 Å². The summed E-state index contributed by atoms with van der Waals surface area (Å²) >= 11 is 0. The number of benzene rings is 1. The van der Waals surface area contributed by atoms with Crippen LogP contribution in [0.25, 0.3) is 0 Å². The molecule has 0 fully saturated rings. The summed E-state index contributed by atoms with van der Waals surface area (Å²) in [5.74, 6) is 5.85. The number of carbonyl (C=O) groups excluding carboxylic acids is 1. The van der Waals surface area contributed by atoms with Gasteiger partial charge in [0.15, 0.2) is 0 Å². The third kappa shape index (κ3) is 4.48. The fourth-order valence-electron chi connectivity index (χ4n) is 1.50. The van der Waals surface area contributed by atoms with Crippen molar-refractivity contribution in [2.24, 2.45) is 0 Å². The van der Waals surface area contributed by atoms with Crippen molar-refractivity contribution in [1.82, 2.24) is 10.2 Å². The van der Waals surface area contributed by atoms with Crippen LogP contribution in [0.15, 0.2) is 24.3 Å². The van der Waals surface area contributed by atoms with Crippen LogP contribution in [0.1, 0.15) is 17.5 Å². The number of hydrogen-bond donors (Lipinski definition) is 2. The molecule has 2 amide bonds. The zero-order chi connectivity index (χ0) is 13.4. The molecule has 1 rings (SSSR count). The van der Waals surface area contributed by atoms with Crippen LogP contribution in [0, 0.1) is 11.8 Å². The number of amides is 2. The Hall–Kier alpha value is -1.99. The van der Waals surface area contributed by atoms with Crippen LogP contribution in [-0.4, -0.2) is 36.7 Å². The molecule has 0 aliphatic heterocycles. The highest BCUT2D eigenvalue weighted by molar-refractivity contribution is 5.73. The number of aliphatic hydroxyl groups excluding tert-OH is 1. The minimum atomic E-state index is -0.119. The smallest absolute Gasteiger partial charge is 0.317 e. The molecule has 0 heterocycles. The fraction of sp³-hybridized carbons (Fsp3) is 0.357. The van der Waals surface area contributed by atoms with Crippen LogP contribution in [0.3, 0.4) is 0 Å². The number of carbonyl (C=O) groups is 1. The number of rotatable bonds is 3. The first kappa shape index (κ1) is 14.1. The summed E-state index contributed by atoms with van der Waals surface area (Å²) in [6.07, 6.45) is 0.475. The van der Waals surface area contributed by atoms with E-state index >= 15 is 0 Å². The molecule has 0 spiro atoms. The van der Waals surface area contributed by atoms with Gasteiger partial charge in [-0.15, -0.1) is 0 Å². The third-order valence-corrected chi connectivity index (χ3v) is 2.38. The van der Waals surface area contributed by atoms with Crippen LogP contribution in [0.5, 0.6) is 0 Å². The monoisotopic (exact) mass is 246 g/mol. The van der Waals surface area contributed by atoms with Crippen molar-refractivity contribution in [2.75, 3.05) is 20.7 Å². The normalized spacial score (nSPS) is 9.28. The van der Waals surface area contributed by atoms with Crippen molar-refractivity contribution in [1.29, 1.82) is 0 Å². The number of aliphatic hydroxyl groups is 1. The van der Waals surface area contributed by atoms with Crippen molar-refractivity contribution in [2.45, 2.75) is 13.0 Å². The lowest BCUT2D eigenvalue weighted by atomic mass is 10.1. The van der Waals surface area contributed by atoms with E-state index in [1.807, 2.05) is 24.3 Å². The van der Waals surface area contributed by atoms with Gasteiger partial charge in [-0.05, 0) is 17.7 Å². The van der Waals surface area contributed by atoms with Gasteiger partial charge in [-0.3, -0.25) is 0 Å². The number of nitrogens with zero attached hydrogens (tertiary/aromatic N) is 1. The summed E-state index contributed by atoms with van der Waals surface area (Å²) in [4.78, 5) is 13.0. The molecular weight excluding hydrogens is 228 g/mol. The molecule has 0 radical (unpaired) electrons. The van der Waals surface area contributed by atoms with Gasteiger partial charge in [0.2, 0.25) is 0 Å². The SMILES string of the molecule is CNC(=O)N(C)Cc1cccc(C#CCCO)c1. The van der Waals surface area contributed by atoms with Crippen molar-refractivity contribution in [3.05, 3.63) is 35.4 Å². The van der Waals surface area contributed by atoms with Crippen LogP contribution in [-0.2, 0) is 6.54 Å². The van der Waals surface area contributed by atoms with Crippen LogP contribution >= 0.6 is 0 Å². The van der Waals surface area contributed by atoms with E-state index in [1.165, 1.54) is 0 Å². The van der Waals surface area contributed by atoms with Crippen LogP contribution < -0.4 is 5.32 Å². The maximum atomic E-state index is 11.4. The molecule has 0 aromatic heterocycles. The lowest BCUT2D eigenvalue weighted by Crippen LogP contribution is -2.34. The summed E-state index contributed by atoms with van der Waals surface area (Å²) in [6, 6.07) is 7.61. The Labute approximate surface area is 108 Å². The van der Waals surface area contributed by atoms with Gasteiger partial charge in [-0.1, -0.05) is 24.0 Å². The van der Waals surface area contributed by atoms with E-state index in [0.717, 1.165) is 11.1 Å². The zero-order valence-electron chi connectivity index (χ0n) is 10.7. The predicted molar refractivity (Wildman–Crippen MR) is 70.9 cm³/mol. The van der Waals surface area contributed by atoms with Gasteiger partial charge in [-0.2, -0.15) is 0 Å². The van der Waals surface area contributed by atoms with Gasteiger partial charge in [0.05, 0.1) is 6.61 Å². The first-order valence-electron chi connectivity index (χ1n) is 5.79. The molecule has 0 bridgehead atoms. The second-order valence-corrected chi connectivity index (χ2v) is 3.89. The van der Waals surface area contributed by atoms with Gasteiger partial charge in [0.1, 0.15) is 0 Å². The molecule has 1 aromatic carbocycles. The molecular formula is C14H18N2O2. The van der Waals surface area contributed by atoms with Crippen LogP contribution in [0.2, 0.25) is 0 Å². The van der Waals surface area contributed by atoms with Crippen LogP contribution in [0.4, 0.5) is 4.79 Å². The molecule has 1 aromatic rings. The molecule has 18 heavy (non-hydrogen) atoms. The van der Waals surface area contributed by atoms with E-state index < -0.39 is 0 Å². The molecule has 96 valence electrons.